The molecule has 0 aliphatic heterocycles. The van der Waals surface area contributed by atoms with Crippen molar-refractivity contribution in [1.29, 1.82) is 0 Å². The van der Waals surface area contributed by atoms with E-state index in [1.807, 2.05) is 0 Å². The number of carbonyl (C=O) groups excluding carboxylic acids is 2. The van der Waals surface area contributed by atoms with Gasteiger partial charge in [0.05, 0.1) is 0 Å². The second kappa shape index (κ2) is 9.69. The number of hydrogen-bond acceptors (Lipinski definition) is 2. The third kappa shape index (κ3) is 5.80. The third-order valence-electron chi connectivity index (χ3n) is 5.02. The number of anilines is 1. The average molecular weight is 403 g/mol. The van der Waals surface area contributed by atoms with Crippen molar-refractivity contribution in [2.75, 3.05) is 18.4 Å². The molecule has 1 aliphatic rings. The summed E-state index contributed by atoms with van der Waals surface area (Å²) in [6, 6.07) is 12.3. The zero-order valence-corrected chi connectivity index (χ0v) is 16.4. The Morgan fingerprint density at radius 3 is 2.46 bits per heavy atom. The number of halogens is 2. The summed E-state index contributed by atoms with van der Waals surface area (Å²) in [6.45, 7) is 0.471. The van der Waals surface area contributed by atoms with Gasteiger partial charge in [-0.15, -0.1) is 0 Å². The van der Waals surface area contributed by atoms with Crippen molar-refractivity contribution in [3.8, 4) is 0 Å². The fourth-order valence-corrected chi connectivity index (χ4v) is 3.81. The number of rotatable bonds is 6. The van der Waals surface area contributed by atoms with Gasteiger partial charge in [-0.25, -0.2) is 4.39 Å². The van der Waals surface area contributed by atoms with E-state index in [4.69, 9.17) is 11.6 Å². The van der Waals surface area contributed by atoms with Crippen LogP contribution in [0.5, 0.6) is 0 Å². The molecule has 2 amide bonds. The molecule has 3 rings (SSSR count). The van der Waals surface area contributed by atoms with Gasteiger partial charge in [0.1, 0.15) is 12.4 Å². The molecule has 0 spiro atoms. The molecule has 2 aromatic carbocycles. The maximum absolute atomic E-state index is 13.2. The molecule has 2 aromatic rings. The lowest BCUT2D eigenvalue weighted by Gasteiger charge is -2.29. The first-order valence-corrected chi connectivity index (χ1v) is 9.99. The van der Waals surface area contributed by atoms with E-state index in [-0.39, 0.29) is 18.4 Å². The van der Waals surface area contributed by atoms with Crippen LogP contribution in [0, 0.1) is 11.7 Å². The SMILES string of the molecule is O=C(CN(CC1CCCCC1)C(=O)c1ccc(F)cc1)Nc1cccc(Cl)c1. The van der Waals surface area contributed by atoms with Crippen LogP contribution >= 0.6 is 11.6 Å². The van der Waals surface area contributed by atoms with Gasteiger partial charge in [-0.3, -0.25) is 9.59 Å². The average Bonchev–Trinajstić information content (AvgIpc) is 2.68. The van der Waals surface area contributed by atoms with Gasteiger partial charge in [-0.2, -0.15) is 0 Å². The Balaban J connectivity index is 1.71. The van der Waals surface area contributed by atoms with Gasteiger partial charge >= 0.3 is 0 Å². The maximum atomic E-state index is 13.2. The minimum Gasteiger partial charge on any atom is -0.329 e. The van der Waals surface area contributed by atoms with Gasteiger partial charge in [0, 0.05) is 22.8 Å². The van der Waals surface area contributed by atoms with Gasteiger partial charge in [-0.1, -0.05) is 36.9 Å². The number of amides is 2. The molecule has 0 bridgehead atoms. The van der Waals surface area contributed by atoms with E-state index in [1.165, 1.54) is 30.7 Å². The van der Waals surface area contributed by atoms with Crippen LogP contribution < -0.4 is 5.32 Å². The first kappa shape index (κ1) is 20.3. The fourth-order valence-electron chi connectivity index (χ4n) is 3.62. The van der Waals surface area contributed by atoms with E-state index in [0.29, 0.717) is 28.7 Å². The van der Waals surface area contributed by atoms with Crippen molar-refractivity contribution in [3.63, 3.8) is 0 Å². The summed E-state index contributed by atoms with van der Waals surface area (Å²) in [5, 5.41) is 3.32. The van der Waals surface area contributed by atoms with E-state index in [1.54, 1.807) is 29.2 Å². The second-order valence-corrected chi connectivity index (χ2v) is 7.69. The molecule has 0 saturated heterocycles. The molecule has 4 nitrogen and oxygen atoms in total. The van der Waals surface area contributed by atoms with Crippen molar-refractivity contribution in [1.82, 2.24) is 4.90 Å². The van der Waals surface area contributed by atoms with Crippen LogP contribution in [0.1, 0.15) is 42.5 Å². The van der Waals surface area contributed by atoms with Gasteiger partial charge in [-0.05, 0) is 61.2 Å². The van der Waals surface area contributed by atoms with E-state index in [0.717, 1.165) is 25.7 Å². The smallest absolute Gasteiger partial charge is 0.254 e. The summed E-state index contributed by atoms with van der Waals surface area (Å²) in [4.78, 5) is 27.1. The van der Waals surface area contributed by atoms with Gasteiger partial charge in [0.25, 0.3) is 5.91 Å². The van der Waals surface area contributed by atoms with Crippen LogP contribution in [0.2, 0.25) is 5.02 Å². The summed E-state index contributed by atoms with van der Waals surface area (Å²) >= 11 is 5.96. The molecule has 1 fully saturated rings. The van der Waals surface area contributed by atoms with Crippen LogP contribution in [0.25, 0.3) is 0 Å². The normalized spacial score (nSPS) is 14.5. The Morgan fingerprint density at radius 2 is 1.79 bits per heavy atom. The van der Waals surface area contributed by atoms with Crippen molar-refractivity contribution in [2.24, 2.45) is 5.92 Å². The summed E-state index contributed by atoms with van der Waals surface area (Å²) in [7, 11) is 0. The highest BCUT2D eigenvalue weighted by atomic mass is 35.5. The molecule has 1 aliphatic carbocycles. The van der Waals surface area contributed by atoms with E-state index in [9.17, 15) is 14.0 Å². The van der Waals surface area contributed by atoms with Crippen LogP contribution in [0.4, 0.5) is 10.1 Å². The highest BCUT2D eigenvalue weighted by molar-refractivity contribution is 6.30. The molecule has 28 heavy (non-hydrogen) atoms. The molecular formula is C22H24ClFN2O2. The maximum Gasteiger partial charge on any atom is 0.254 e. The largest absolute Gasteiger partial charge is 0.329 e. The molecule has 0 radical (unpaired) electrons. The first-order valence-electron chi connectivity index (χ1n) is 9.61. The number of benzene rings is 2. The minimum atomic E-state index is -0.394. The fraction of sp³-hybridized carbons (Fsp3) is 0.364. The first-order chi connectivity index (χ1) is 13.5. The molecular weight excluding hydrogens is 379 g/mol. The van der Waals surface area contributed by atoms with Gasteiger partial charge in [0.2, 0.25) is 5.91 Å². The number of nitrogens with zero attached hydrogens (tertiary/aromatic N) is 1. The predicted octanol–water partition coefficient (Wildman–Crippen LogP) is 5.14. The second-order valence-electron chi connectivity index (χ2n) is 7.26. The van der Waals surface area contributed by atoms with Crippen molar-refractivity contribution in [3.05, 3.63) is 64.9 Å². The Kier molecular flexibility index (Phi) is 7.04. The Hall–Kier alpha value is -2.40. The van der Waals surface area contributed by atoms with E-state index >= 15 is 0 Å². The molecule has 1 saturated carbocycles. The predicted molar refractivity (Wildman–Crippen MR) is 109 cm³/mol. The highest BCUT2D eigenvalue weighted by Crippen LogP contribution is 2.25. The van der Waals surface area contributed by atoms with E-state index in [2.05, 4.69) is 5.32 Å². The van der Waals surface area contributed by atoms with Crippen molar-refractivity contribution in [2.45, 2.75) is 32.1 Å². The van der Waals surface area contributed by atoms with Gasteiger partial charge in [0.15, 0.2) is 0 Å². The number of nitrogens with one attached hydrogen (secondary N) is 1. The molecule has 1 N–H and O–H groups in total. The summed E-state index contributed by atoms with van der Waals surface area (Å²) in [5.74, 6) is -0.549. The molecule has 0 unspecified atom stereocenters. The molecule has 148 valence electrons. The van der Waals surface area contributed by atoms with Crippen LogP contribution in [-0.4, -0.2) is 29.8 Å². The Morgan fingerprint density at radius 1 is 1.07 bits per heavy atom. The van der Waals surface area contributed by atoms with Crippen molar-refractivity contribution < 1.29 is 14.0 Å². The van der Waals surface area contributed by atoms with Crippen molar-refractivity contribution >= 4 is 29.1 Å². The van der Waals surface area contributed by atoms with E-state index < -0.39 is 5.82 Å². The highest BCUT2D eigenvalue weighted by Gasteiger charge is 2.24. The Bertz CT molecular complexity index is 820. The third-order valence-corrected chi connectivity index (χ3v) is 5.26. The topological polar surface area (TPSA) is 49.4 Å². The van der Waals surface area contributed by atoms with Crippen LogP contribution in [-0.2, 0) is 4.79 Å². The van der Waals surface area contributed by atoms with Crippen LogP contribution in [0.3, 0.4) is 0 Å². The van der Waals surface area contributed by atoms with Crippen LogP contribution in [0.15, 0.2) is 48.5 Å². The summed E-state index contributed by atoms with van der Waals surface area (Å²) in [6.07, 6.45) is 5.64. The molecule has 0 atom stereocenters. The quantitative estimate of drug-likeness (QED) is 0.727. The zero-order chi connectivity index (χ0) is 19.9. The standard InChI is InChI=1S/C22H24ClFN2O2/c23-18-7-4-8-20(13-18)25-21(27)15-26(14-16-5-2-1-3-6-16)22(28)17-9-11-19(24)12-10-17/h4,7-13,16H,1-3,5-6,14-15H2,(H,25,27). The number of carbonyl (C=O) groups is 2. The monoisotopic (exact) mass is 402 g/mol. The lowest BCUT2D eigenvalue weighted by atomic mass is 9.89. The number of hydrogen-bond donors (Lipinski definition) is 1. The summed E-state index contributed by atoms with van der Waals surface area (Å²) in [5.41, 5.74) is 0.970. The molecule has 6 heteroatoms. The Labute approximate surface area is 169 Å². The van der Waals surface area contributed by atoms with Gasteiger partial charge < -0.3 is 10.2 Å². The lowest BCUT2D eigenvalue weighted by molar-refractivity contribution is -0.117. The summed E-state index contributed by atoms with van der Waals surface area (Å²) < 4.78 is 13.2. The molecule has 0 heterocycles. The minimum absolute atomic E-state index is 0.0563. The zero-order valence-electron chi connectivity index (χ0n) is 15.7. The molecule has 0 aromatic heterocycles. The lowest BCUT2D eigenvalue weighted by Crippen LogP contribution is -2.41.